The maximum Gasteiger partial charge on any atom is 0.162 e. The van der Waals surface area contributed by atoms with Crippen LogP contribution in [0, 0.1) is 5.92 Å². The Balaban J connectivity index is 1.73. The van der Waals surface area contributed by atoms with Crippen LogP contribution in [0.15, 0.2) is 18.2 Å². The van der Waals surface area contributed by atoms with E-state index in [4.69, 9.17) is 21.1 Å². The highest BCUT2D eigenvalue weighted by atomic mass is 35.5. The van der Waals surface area contributed by atoms with Gasteiger partial charge in [-0.3, -0.25) is 0 Å². The smallest absolute Gasteiger partial charge is 0.162 e. The maximum atomic E-state index is 5.93. The van der Waals surface area contributed by atoms with Gasteiger partial charge in [0, 0.05) is 24.2 Å². The van der Waals surface area contributed by atoms with E-state index in [0.717, 1.165) is 24.6 Å². The predicted molar refractivity (Wildman–Crippen MR) is 83.0 cm³/mol. The Hall–Kier alpha value is -0.930. The summed E-state index contributed by atoms with van der Waals surface area (Å²) in [6.07, 6.45) is 3.74. The molecule has 0 aromatic heterocycles. The number of halogens is 1. The fourth-order valence-corrected chi connectivity index (χ4v) is 2.88. The SMILES string of the molecule is COc1cc(Cl)ccc1OCCCN1CCCC(C)C1. The number of nitrogens with zero attached hydrogens (tertiary/aromatic N) is 1. The van der Waals surface area contributed by atoms with Crippen molar-refractivity contribution >= 4 is 11.6 Å². The van der Waals surface area contributed by atoms with Crippen LogP contribution in [0.4, 0.5) is 0 Å². The summed E-state index contributed by atoms with van der Waals surface area (Å²) in [6.45, 7) is 6.61. The van der Waals surface area contributed by atoms with Crippen molar-refractivity contribution in [2.24, 2.45) is 5.92 Å². The molecule has 1 heterocycles. The number of likely N-dealkylation sites (tertiary alicyclic amines) is 1. The lowest BCUT2D eigenvalue weighted by Crippen LogP contribution is -2.35. The van der Waals surface area contributed by atoms with Gasteiger partial charge in [-0.05, 0) is 43.9 Å². The first kappa shape index (κ1) is 15.5. The molecule has 112 valence electrons. The Morgan fingerprint density at radius 1 is 1.35 bits per heavy atom. The first-order valence-corrected chi connectivity index (χ1v) is 7.75. The number of hydrogen-bond acceptors (Lipinski definition) is 3. The van der Waals surface area contributed by atoms with Crippen molar-refractivity contribution in [3.8, 4) is 11.5 Å². The molecule has 1 atom stereocenters. The van der Waals surface area contributed by atoms with Crippen LogP contribution in [0.1, 0.15) is 26.2 Å². The monoisotopic (exact) mass is 297 g/mol. The Labute approximate surface area is 126 Å². The van der Waals surface area contributed by atoms with Gasteiger partial charge in [0.25, 0.3) is 0 Å². The molecular formula is C16H24ClNO2. The molecule has 1 aromatic carbocycles. The molecule has 1 fully saturated rings. The van der Waals surface area contributed by atoms with Gasteiger partial charge >= 0.3 is 0 Å². The van der Waals surface area contributed by atoms with Gasteiger partial charge in [-0.2, -0.15) is 0 Å². The zero-order chi connectivity index (χ0) is 14.4. The zero-order valence-corrected chi connectivity index (χ0v) is 13.2. The van der Waals surface area contributed by atoms with Crippen molar-refractivity contribution < 1.29 is 9.47 Å². The van der Waals surface area contributed by atoms with Gasteiger partial charge in [0.05, 0.1) is 13.7 Å². The molecule has 1 unspecified atom stereocenters. The first-order valence-electron chi connectivity index (χ1n) is 7.37. The summed E-state index contributed by atoms with van der Waals surface area (Å²) < 4.78 is 11.1. The van der Waals surface area contributed by atoms with E-state index in [1.54, 1.807) is 13.2 Å². The van der Waals surface area contributed by atoms with E-state index in [-0.39, 0.29) is 0 Å². The summed E-state index contributed by atoms with van der Waals surface area (Å²) in [5.41, 5.74) is 0. The standard InChI is InChI=1S/C16H24ClNO2/c1-13-5-3-8-18(12-13)9-4-10-20-15-7-6-14(17)11-16(15)19-2/h6-7,11,13H,3-5,8-10,12H2,1-2H3. The molecule has 2 rings (SSSR count). The van der Waals surface area contributed by atoms with Crippen LogP contribution in [-0.2, 0) is 0 Å². The lowest BCUT2D eigenvalue weighted by atomic mass is 10.0. The molecule has 3 nitrogen and oxygen atoms in total. The third kappa shape index (κ3) is 4.57. The highest BCUT2D eigenvalue weighted by molar-refractivity contribution is 6.30. The topological polar surface area (TPSA) is 21.7 Å². The van der Waals surface area contributed by atoms with Crippen LogP contribution in [-0.4, -0.2) is 38.3 Å². The molecule has 0 aliphatic carbocycles. The van der Waals surface area contributed by atoms with Crippen LogP contribution < -0.4 is 9.47 Å². The van der Waals surface area contributed by atoms with Crippen molar-refractivity contribution in [1.29, 1.82) is 0 Å². The minimum atomic E-state index is 0.663. The molecule has 1 aromatic rings. The summed E-state index contributed by atoms with van der Waals surface area (Å²) in [4.78, 5) is 2.54. The van der Waals surface area contributed by atoms with Gasteiger partial charge in [-0.15, -0.1) is 0 Å². The second kappa shape index (κ2) is 7.75. The molecule has 1 aliphatic heterocycles. The van der Waals surface area contributed by atoms with Gasteiger partial charge in [-0.1, -0.05) is 18.5 Å². The van der Waals surface area contributed by atoms with E-state index in [1.165, 1.54) is 25.9 Å². The molecule has 1 aliphatic rings. The normalized spacial score (nSPS) is 19.9. The number of methoxy groups -OCH3 is 1. The van der Waals surface area contributed by atoms with Crippen LogP contribution in [0.3, 0.4) is 0 Å². The van der Waals surface area contributed by atoms with E-state index < -0.39 is 0 Å². The zero-order valence-electron chi connectivity index (χ0n) is 12.4. The highest BCUT2D eigenvalue weighted by Gasteiger charge is 2.15. The Bertz CT molecular complexity index is 425. The Morgan fingerprint density at radius 2 is 2.20 bits per heavy atom. The first-order chi connectivity index (χ1) is 9.69. The third-order valence-corrected chi connectivity index (χ3v) is 3.98. The second-order valence-corrected chi connectivity index (χ2v) is 5.98. The van der Waals surface area contributed by atoms with Crippen LogP contribution in [0.25, 0.3) is 0 Å². The van der Waals surface area contributed by atoms with Gasteiger partial charge in [0.15, 0.2) is 11.5 Å². The average Bonchev–Trinajstić information content (AvgIpc) is 2.45. The molecule has 0 radical (unpaired) electrons. The summed E-state index contributed by atoms with van der Waals surface area (Å²) >= 11 is 5.93. The number of benzene rings is 1. The van der Waals surface area contributed by atoms with Crippen molar-refractivity contribution in [3.63, 3.8) is 0 Å². The third-order valence-electron chi connectivity index (χ3n) is 3.74. The van der Waals surface area contributed by atoms with Gasteiger partial charge < -0.3 is 14.4 Å². The van der Waals surface area contributed by atoms with Crippen LogP contribution in [0.5, 0.6) is 11.5 Å². The number of piperidine rings is 1. The Kier molecular flexibility index (Phi) is 5.99. The van der Waals surface area contributed by atoms with Crippen LogP contribution in [0.2, 0.25) is 5.02 Å². The second-order valence-electron chi connectivity index (χ2n) is 5.55. The lowest BCUT2D eigenvalue weighted by molar-refractivity contribution is 0.169. The molecule has 0 N–H and O–H groups in total. The maximum absolute atomic E-state index is 5.93. The van der Waals surface area contributed by atoms with Crippen molar-refractivity contribution in [3.05, 3.63) is 23.2 Å². The number of ether oxygens (including phenoxy) is 2. The molecule has 0 amide bonds. The molecule has 0 saturated carbocycles. The lowest BCUT2D eigenvalue weighted by Gasteiger charge is -2.30. The summed E-state index contributed by atoms with van der Waals surface area (Å²) in [5.74, 6) is 2.30. The van der Waals surface area contributed by atoms with E-state index >= 15 is 0 Å². The van der Waals surface area contributed by atoms with E-state index in [9.17, 15) is 0 Å². The predicted octanol–water partition coefficient (Wildman–Crippen LogP) is 3.85. The van der Waals surface area contributed by atoms with Gasteiger partial charge in [0.1, 0.15) is 0 Å². The number of rotatable bonds is 6. The summed E-state index contributed by atoms with van der Waals surface area (Å²) in [6, 6.07) is 5.47. The Morgan fingerprint density at radius 3 is 2.95 bits per heavy atom. The van der Waals surface area contributed by atoms with E-state index in [0.29, 0.717) is 17.4 Å². The van der Waals surface area contributed by atoms with E-state index in [2.05, 4.69) is 11.8 Å². The highest BCUT2D eigenvalue weighted by Crippen LogP contribution is 2.30. The van der Waals surface area contributed by atoms with Gasteiger partial charge in [0.2, 0.25) is 0 Å². The largest absolute Gasteiger partial charge is 0.493 e. The quantitative estimate of drug-likeness (QED) is 0.745. The minimum absolute atomic E-state index is 0.663. The molecule has 4 heteroatoms. The minimum Gasteiger partial charge on any atom is -0.493 e. The molecule has 1 saturated heterocycles. The summed E-state index contributed by atoms with van der Waals surface area (Å²) in [5, 5.41) is 0.663. The summed E-state index contributed by atoms with van der Waals surface area (Å²) in [7, 11) is 1.63. The van der Waals surface area contributed by atoms with E-state index in [1.807, 2.05) is 12.1 Å². The van der Waals surface area contributed by atoms with Crippen molar-refractivity contribution in [2.45, 2.75) is 26.2 Å². The van der Waals surface area contributed by atoms with Crippen LogP contribution >= 0.6 is 11.6 Å². The molecular weight excluding hydrogens is 274 g/mol. The van der Waals surface area contributed by atoms with Crippen molar-refractivity contribution in [1.82, 2.24) is 4.90 Å². The molecule has 0 spiro atoms. The fraction of sp³-hybridized carbons (Fsp3) is 0.625. The van der Waals surface area contributed by atoms with Gasteiger partial charge in [-0.25, -0.2) is 0 Å². The number of hydrogen-bond donors (Lipinski definition) is 0. The average molecular weight is 298 g/mol. The van der Waals surface area contributed by atoms with Crippen molar-refractivity contribution in [2.75, 3.05) is 33.4 Å². The molecule has 20 heavy (non-hydrogen) atoms. The fourth-order valence-electron chi connectivity index (χ4n) is 2.72. The molecule has 0 bridgehead atoms.